The van der Waals surface area contributed by atoms with Gasteiger partial charge >= 0.3 is 5.97 Å². The van der Waals surface area contributed by atoms with E-state index >= 15 is 0 Å². The van der Waals surface area contributed by atoms with Gasteiger partial charge in [-0.3, -0.25) is 9.59 Å². The number of likely N-dealkylation sites (tertiary alicyclic amines) is 1. The molecule has 1 atom stereocenters. The van der Waals surface area contributed by atoms with Crippen molar-refractivity contribution in [2.24, 2.45) is 5.41 Å². The fourth-order valence-corrected chi connectivity index (χ4v) is 4.99. The third-order valence-corrected chi connectivity index (χ3v) is 7.01. The number of hydrogen-bond acceptors (Lipinski definition) is 4. The van der Waals surface area contributed by atoms with Crippen molar-refractivity contribution in [3.8, 4) is 0 Å². The molecule has 1 amide bonds. The third-order valence-electron chi connectivity index (χ3n) is 4.75. The van der Waals surface area contributed by atoms with Gasteiger partial charge in [0, 0.05) is 19.5 Å². The van der Waals surface area contributed by atoms with Crippen LogP contribution in [-0.4, -0.2) is 54.4 Å². The molecule has 1 aliphatic carbocycles. The molecule has 120 valence electrons. The molecule has 0 radical (unpaired) electrons. The van der Waals surface area contributed by atoms with E-state index < -0.39 is 21.2 Å². The summed E-state index contributed by atoms with van der Waals surface area (Å²) in [7, 11) is -3.19. The van der Waals surface area contributed by atoms with E-state index in [2.05, 4.69) is 0 Å². The van der Waals surface area contributed by atoms with Gasteiger partial charge in [-0.05, 0) is 26.2 Å². The second-order valence-corrected chi connectivity index (χ2v) is 8.86. The van der Waals surface area contributed by atoms with Crippen molar-refractivity contribution in [1.82, 2.24) is 4.90 Å². The molecule has 1 aliphatic heterocycles. The van der Waals surface area contributed by atoms with Crippen molar-refractivity contribution in [2.75, 3.05) is 18.8 Å². The number of amides is 1. The van der Waals surface area contributed by atoms with Crippen LogP contribution >= 0.6 is 0 Å². The van der Waals surface area contributed by atoms with E-state index in [1.54, 1.807) is 6.92 Å². The van der Waals surface area contributed by atoms with E-state index in [1.807, 2.05) is 0 Å². The van der Waals surface area contributed by atoms with E-state index in [0.29, 0.717) is 25.8 Å². The van der Waals surface area contributed by atoms with Gasteiger partial charge in [-0.25, -0.2) is 8.42 Å². The molecular formula is C14H23NO5S. The van der Waals surface area contributed by atoms with Crippen LogP contribution in [0.1, 0.15) is 45.4 Å². The lowest BCUT2D eigenvalue weighted by Gasteiger charge is -2.20. The van der Waals surface area contributed by atoms with Gasteiger partial charge in [0.05, 0.1) is 16.4 Å². The zero-order valence-electron chi connectivity index (χ0n) is 12.4. The SMILES string of the molecule is CC1(C(=O)O)CCN(C(=O)CCS(=O)(=O)C2CCCC2)C1. The summed E-state index contributed by atoms with van der Waals surface area (Å²) >= 11 is 0. The van der Waals surface area contributed by atoms with E-state index in [9.17, 15) is 18.0 Å². The Morgan fingerprint density at radius 2 is 1.90 bits per heavy atom. The highest BCUT2D eigenvalue weighted by Gasteiger charge is 2.42. The maximum Gasteiger partial charge on any atom is 0.311 e. The average molecular weight is 317 g/mol. The summed E-state index contributed by atoms with van der Waals surface area (Å²) in [5.41, 5.74) is -0.903. The van der Waals surface area contributed by atoms with Gasteiger partial charge in [0.1, 0.15) is 0 Å². The summed E-state index contributed by atoms with van der Waals surface area (Å²) in [6.45, 7) is 2.19. The molecule has 2 fully saturated rings. The monoisotopic (exact) mass is 317 g/mol. The van der Waals surface area contributed by atoms with Crippen molar-refractivity contribution in [3.63, 3.8) is 0 Å². The van der Waals surface area contributed by atoms with Crippen molar-refractivity contribution in [3.05, 3.63) is 0 Å². The Morgan fingerprint density at radius 1 is 1.29 bits per heavy atom. The molecule has 0 bridgehead atoms. The van der Waals surface area contributed by atoms with Gasteiger partial charge in [-0.2, -0.15) is 0 Å². The number of carbonyl (C=O) groups is 2. The van der Waals surface area contributed by atoms with Gasteiger partial charge in [0.25, 0.3) is 0 Å². The molecule has 0 aromatic rings. The molecule has 0 aromatic heterocycles. The number of carbonyl (C=O) groups excluding carboxylic acids is 1. The highest BCUT2D eigenvalue weighted by Crippen LogP contribution is 2.31. The zero-order valence-corrected chi connectivity index (χ0v) is 13.2. The minimum absolute atomic E-state index is 0.0332. The standard InChI is InChI=1S/C14H23NO5S/c1-14(13(17)18)7-8-15(10-14)12(16)6-9-21(19,20)11-4-2-3-5-11/h11H,2-10H2,1H3,(H,17,18). The normalized spacial score (nSPS) is 27.2. The fraction of sp³-hybridized carbons (Fsp3) is 0.857. The minimum Gasteiger partial charge on any atom is -0.481 e. The molecule has 2 rings (SSSR count). The van der Waals surface area contributed by atoms with E-state index in [4.69, 9.17) is 5.11 Å². The van der Waals surface area contributed by atoms with Crippen LogP contribution in [0, 0.1) is 5.41 Å². The molecule has 6 nitrogen and oxygen atoms in total. The lowest BCUT2D eigenvalue weighted by atomic mass is 9.90. The molecule has 1 saturated heterocycles. The lowest BCUT2D eigenvalue weighted by Crippen LogP contribution is -2.36. The predicted molar refractivity (Wildman–Crippen MR) is 77.6 cm³/mol. The number of sulfone groups is 1. The maximum absolute atomic E-state index is 12.1. The molecule has 1 saturated carbocycles. The van der Waals surface area contributed by atoms with Crippen LogP contribution in [0.4, 0.5) is 0 Å². The van der Waals surface area contributed by atoms with E-state index in [-0.39, 0.29) is 29.9 Å². The van der Waals surface area contributed by atoms with Crippen LogP contribution in [0.2, 0.25) is 0 Å². The number of aliphatic carboxylic acids is 1. The second kappa shape index (κ2) is 5.94. The first-order valence-corrected chi connectivity index (χ1v) is 9.19. The summed E-state index contributed by atoms with van der Waals surface area (Å²) < 4.78 is 24.2. The summed E-state index contributed by atoms with van der Waals surface area (Å²) in [6, 6.07) is 0. The van der Waals surface area contributed by atoms with Gasteiger partial charge < -0.3 is 10.0 Å². The highest BCUT2D eigenvalue weighted by atomic mass is 32.2. The highest BCUT2D eigenvalue weighted by molar-refractivity contribution is 7.92. The Bertz CT molecular complexity index is 523. The van der Waals surface area contributed by atoms with Gasteiger partial charge in [-0.15, -0.1) is 0 Å². The van der Waals surface area contributed by atoms with Gasteiger partial charge in [0.2, 0.25) is 5.91 Å². The molecule has 1 heterocycles. The average Bonchev–Trinajstić information content (AvgIpc) is 3.06. The molecule has 2 aliphatic rings. The summed E-state index contributed by atoms with van der Waals surface area (Å²) in [4.78, 5) is 24.7. The van der Waals surface area contributed by atoms with Crippen LogP contribution in [0.3, 0.4) is 0 Å². The summed E-state index contributed by atoms with van der Waals surface area (Å²) in [6.07, 6.45) is 3.69. The molecule has 1 N–H and O–H groups in total. The van der Waals surface area contributed by atoms with E-state index in [0.717, 1.165) is 12.8 Å². The third kappa shape index (κ3) is 3.56. The van der Waals surface area contributed by atoms with Crippen LogP contribution in [0.15, 0.2) is 0 Å². The lowest BCUT2D eigenvalue weighted by molar-refractivity contribution is -0.147. The maximum atomic E-state index is 12.1. The topological polar surface area (TPSA) is 91.8 Å². The Kier molecular flexibility index (Phi) is 4.60. The minimum atomic E-state index is -3.19. The first kappa shape index (κ1) is 16.3. The molecule has 0 spiro atoms. The van der Waals surface area contributed by atoms with Crippen LogP contribution in [0.25, 0.3) is 0 Å². The van der Waals surface area contributed by atoms with Crippen molar-refractivity contribution in [1.29, 1.82) is 0 Å². The van der Waals surface area contributed by atoms with Crippen molar-refractivity contribution in [2.45, 2.75) is 50.7 Å². The quantitative estimate of drug-likeness (QED) is 0.818. The zero-order chi connectivity index (χ0) is 15.7. The van der Waals surface area contributed by atoms with Crippen LogP contribution in [-0.2, 0) is 19.4 Å². The van der Waals surface area contributed by atoms with Crippen LogP contribution in [0.5, 0.6) is 0 Å². The Balaban J connectivity index is 1.87. The van der Waals surface area contributed by atoms with Crippen LogP contribution < -0.4 is 0 Å². The molecule has 0 aromatic carbocycles. The van der Waals surface area contributed by atoms with Gasteiger partial charge in [0.15, 0.2) is 9.84 Å². The first-order chi connectivity index (χ1) is 9.74. The Morgan fingerprint density at radius 3 is 2.43 bits per heavy atom. The molecular weight excluding hydrogens is 294 g/mol. The van der Waals surface area contributed by atoms with Crippen molar-refractivity contribution >= 4 is 21.7 Å². The van der Waals surface area contributed by atoms with Crippen molar-refractivity contribution < 1.29 is 23.1 Å². The number of hydrogen-bond donors (Lipinski definition) is 1. The predicted octanol–water partition coefficient (Wildman–Crippen LogP) is 1.06. The molecule has 7 heteroatoms. The van der Waals surface area contributed by atoms with Gasteiger partial charge in [-0.1, -0.05) is 12.8 Å². The smallest absolute Gasteiger partial charge is 0.311 e. The molecule has 1 unspecified atom stereocenters. The Labute approximate surface area is 125 Å². The first-order valence-electron chi connectivity index (χ1n) is 7.47. The number of carboxylic acid groups (broad SMARTS) is 1. The number of carboxylic acids is 1. The van der Waals surface area contributed by atoms with E-state index in [1.165, 1.54) is 4.90 Å². The summed E-state index contributed by atoms with van der Waals surface area (Å²) in [5.74, 6) is -1.27. The Hall–Kier alpha value is -1.11. The number of nitrogens with zero attached hydrogens (tertiary/aromatic N) is 1. The fourth-order valence-electron chi connectivity index (χ4n) is 3.15. The summed E-state index contributed by atoms with van der Waals surface area (Å²) in [5, 5.41) is 8.86. The number of rotatable bonds is 5. The molecule has 21 heavy (non-hydrogen) atoms. The second-order valence-electron chi connectivity index (χ2n) is 6.45. The largest absolute Gasteiger partial charge is 0.481 e.